The van der Waals surface area contributed by atoms with Gasteiger partial charge >= 0.3 is 6.03 Å². The van der Waals surface area contributed by atoms with Gasteiger partial charge in [-0.1, -0.05) is 24.3 Å². The monoisotopic (exact) mass is 406 g/mol. The molecule has 4 rings (SSSR count). The van der Waals surface area contributed by atoms with Gasteiger partial charge in [-0.2, -0.15) is 0 Å². The van der Waals surface area contributed by atoms with Crippen molar-refractivity contribution in [3.8, 4) is 0 Å². The summed E-state index contributed by atoms with van der Waals surface area (Å²) in [5.74, 6) is -0.0736. The molecule has 30 heavy (non-hydrogen) atoms. The molecule has 0 saturated carbocycles. The number of anilines is 2. The van der Waals surface area contributed by atoms with Crippen LogP contribution in [-0.4, -0.2) is 49.4 Å². The van der Waals surface area contributed by atoms with Crippen LogP contribution in [0.25, 0.3) is 0 Å². The molecule has 2 aliphatic rings. The largest absolute Gasteiger partial charge is 0.359 e. The van der Waals surface area contributed by atoms with Crippen molar-refractivity contribution in [2.24, 2.45) is 5.92 Å². The number of fused-ring (bicyclic) bond motifs is 1. The van der Waals surface area contributed by atoms with E-state index >= 15 is 0 Å². The minimum absolute atomic E-state index is 0.0322. The van der Waals surface area contributed by atoms with Crippen LogP contribution in [0.15, 0.2) is 48.5 Å². The van der Waals surface area contributed by atoms with E-state index in [0.29, 0.717) is 43.7 Å². The van der Waals surface area contributed by atoms with Gasteiger partial charge in [-0.15, -0.1) is 0 Å². The molecule has 2 heterocycles. The molecule has 2 aromatic carbocycles. The Labute approximate surface area is 176 Å². The third-order valence-corrected chi connectivity index (χ3v) is 5.89. The maximum atomic E-state index is 13.0. The molecule has 7 nitrogen and oxygen atoms in total. The molecule has 0 unspecified atom stereocenters. The van der Waals surface area contributed by atoms with Crippen LogP contribution in [0, 0.1) is 5.92 Å². The molecule has 1 saturated heterocycles. The summed E-state index contributed by atoms with van der Waals surface area (Å²) in [6.45, 7) is 1.73. The second kappa shape index (κ2) is 8.57. The molecule has 156 valence electrons. The fourth-order valence-electron chi connectivity index (χ4n) is 4.19. The molecule has 2 aromatic rings. The summed E-state index contributed by atoms with van der Waals surface area (Å²) in [4.78, 5) is 40.9. The van der Waals surface area contributed by atoms with Crippen LogP contribution in [-0.2, 0) is 11.2 Å². The lowest BCUT2D eigenvalue weighted by Gasteiger charge is -2.31. The van der Waals surface area contributed by atoms with E-state index in [1.807, 2.05) is 24.3 Å². The average molecular weight is 406 g/mol. The zero-order valence-electron chi connectivity index (χ0n) is 17.1. The van der Waals surface area contributed by atoms with E-state index < -0.39 is 0 Å². The normalized spacial score (nSPS) is 16.2. The Morgan fingerprint density at radius 3 is 2.50 bits per heavy atom. The SMILES string of the molecule is CNC(=O)C1CCN(C(=O)Nc2cccc(C(=O)N3CCc4ccccc43)c2)CC1. The van der Waals surface area contributed by atoms with Crippen LogP contribution in [0.2, 0.25) is 0 Å². The third-order valence-electron chi connectivity index (χ3n) is 5.89. The summed E-state index contributed by atoms with van der Waals surface area (Å²) in [5, 5.41) is 5.56. The Kier molecular flexibility index (Phi) is 5.70. The maximum absolute atomic E-state index is 13.0. The van der Waals surface area contributed by atoms with E-state index in [4.69, 9.17) is 0 Å². The van der Waals surface area contributed by atoms with Gasteiger partial charge in [0.15, 0.2) is 0 Å². The Balaban J connectivity index is 1.40. The summed E-state index contributed by atoms with van der Waals surface area (Å²) >= 11 is 0. The van der Waals surface area contributed by atoms with Crippen LogP contribution in [0.1, 0.15) is 28.8 Å². The predicted octanol–water partition coefficient (Wildman–Crippen LogP) is 2.88. The van der Waals surface area contributed by atoms with E-state index in [2.05, 4.69) is 10.6 Å². The molecule has 4 amide bonds. The molecular weight excluding hydrogens is 380 g/mol. The van der Waals surface area contributed by atoms with Gasteiger partial charge < -0.3 is 20.4 Å². The zero-order valence-corrected chi connectivity index (χ0v) is 17.1. The number of para-hydroxylation sites is 1. The first-order chi connectivity index (χ1) is 14.6. The van der Waals surface area contributed by atoms with E-state index in [1.165, 1.54) is 5.56 Å². The number of urea groups is 1. The number of likely N-dealkylation sites (tertiary alicyclic amines) is 1. The van der Waals surface area contributed by atoms with Gasteiger partial charge in [0, 0.05) is 49.5 Å². The van der Waals surface area contributed by atoms with Gasteiger partial charge in [-0.3, -0.25) is 9.59 Å². The number of nitrogens with one attached hydrogen (secondary N) is 2. The number of hydrogen-bond donors (Lipinski definition) is 2. The van der Waals surface area contributed by atoms with Gasteiger partial charge in [0.2, 0.25) is 5.91 Å². The van der Waals surface area contributed by atoms with Gasteiger partial charge in [-0.05, 0) is 49.1 Å². The van der Waals surface area contributed by atoms with Crippen molar-refractivity contribution < 1.29 is 14.4 Å². The third kappa shape index (κ3) is 4.01. The molecule has 1 fully saturated rings. The van der Waals surface area contributed by atoms with Crippen molar-refractivity contribution in [3.63, 3.8) is 0 Å². The first kappa shape index (κ1) is 19.9. The van der Waals surface area contributed by atoms with Crippen LogP contribution in [0.3, 0.4) is 0 Å². The van der Waals surface area contributed by atoms with E-state index in [1.54, 1.807) is 41.1 Å². The van der Waals surface area contributed by atoms with Crippen molar-refractivity contribution >= 4 is 29.2 Å². The summed E-state index contributed by atoms with van der Waals surface area (Å²) in [6, 6.07) is 14.8. The molecule has 2 aliphatic heterocycles. The van der Waals surface area contributed by atoms with Crippen molar-refractivity contribution in [3.05, 3.63) is 59.7 Å². The van der Waals surface area contributed by atoms with E-state index in [-0.39, 0.29) is 23.8 Å². The Bertz CT molecular complexity index is 966. The number of carbonyl (C=O) groups is 3. The number of amides is 4. The van der Waals surface area contributed by atoms with Crippen molar-refractivity contribution in [1.29, 1.82) is 0 Å². The summed E-state index contributed by atoms with van der Waals surface area (Å²) in [5.41, 5.74) is 3.26. The van der Waals surface area contributed by atoms with Gasteiger partial charge in [-0.25, -0.2) is 4.79 Å². The number of carbonyl (C=O) groups excluding carboxylic acids is 3. The van der Waals surface area contributed by atoms with Crippen LogP contribution in [0.5, 0.6) is 0 Å². The molecule has 0 spiro atoms. The second-order valence-electron chi connectivity index (χ2n) is 7.72. The first-order valence-electron chi connectivity index (χ1n) is 10.3. The highest BCUT2D eigenvalue weighted by Crippen LogP contribution is 2.29. The lowest BCUT2D eigenvalue weighted by atomic mass is 9.96. The van der Waals surface area contributed by atoms with E-state index in [9.17, 15) is 14.4 Å². The van der Waals surface area contributed by atoms with E-state index in [0.717, 1.165) is 12.1 Å². The molecule has 0 bridgehead atoms. The lowest BCUT2D eigenvalue weighted by molar-refractivity contribution is -0.125. The fourth-order valence-corrected chi connectivity index (χ4v) is 4.19. The van der Waals surface area contributed by atoms with Gasteiger partial charge in [0.25, 0.3) is 5.91 Å². The quantitative estimate of drug-likeness (QED) is 0.822. The summed E-state index contributed by atoms with van der Waals surface area (Å²) < 4.78 is 0. The summed E-state index contributed by atoms with van der Waals surface area (Å²) in [7, 11) is 1.64. The summed E-state index contributed by atoms with van der Waals surface area (Å²) in [6.07, 6.45) is 2.16. The topological polar surface area (TPSA) is 81.8 Å². The Hall–Kier alpha value is -3.35. The highest BCUT2D eigenvalue weighted by Gasteiger charge is 2.27. The van der Waals surface area contributed by atoms with Crippen molar-refractivity contribution in [2.75, 3.05) is 36.9 Å². The standard InChI is InChI=1S/C23H26N4O3/c1-24-21(28)17-9-12-26(13-10-17)23(30)25-19-7-4-6-18(15-19)22(29)27-14-11-16-5-2-3-8-20(16)27/h2-8,15,17H,9-14H2,1H3,(H,24,28)(H,25,30). The number of nitrogens with zero attached hydrogens (tertiary/aromatic N) is 2. The Morgan fingerprint density at radius 2 is 1.73 bits per heavy atom. The average Bonchev–Trinajstić information content (AvgIpc) is 3.22. The van der Waals surface area contributed by atoms with Crippen LogP contribution >= 0.6 is 0 Å². The van der Waals surface area contributed by atoms with Crippen LogP contribution < -0.4 is 15.5 Å². The maximum Gasteiger partial charge on any atom is 0.321 e. The van der Waals surface area contributed by atoms with Crippen molar-refractivity contribution in [1.82, 2.24) is 10.2 Å². The predicted molar refractivity (Wildman–Crippen MR) is 116 cm³/mol. The number of rotatable bonds is 3. The van der Waals surface area contributed by atoms with Gasteiger partial charge in [0.1, 0.15) is 0 Å². The minimum Gasteiger partial charge on any atom is -0.359 e. The lowest BCUT2D eigenvalue weighted by Crippen LogP contribution is -2.44. The smallest absolute Gasteiger partial charge is 0.321 e. The Morgan fingerprint density at radius 1 is 0.967 bits per heavy atom. The molecule has 2 N–H and O–H groups in total. The second-order valence-corrected chi connectivity index (χ2v) is 7.72. The first-order valence-corrected chi connectivity index (χ1v) is 10.3. The van der Waals surface area contributed by atoms with Gasteiger partial charge in [0.05, 0.1) is 0 Å². The molecule has 0 aromatic heterocycles. The highest BCUT2D eigenvalue weighted by molar-refractivity contribution is 6.08. The number of benzene rings is 2. The number of piperidine rings is 1. The van der Waals surface area contributed by atoms with Crippen molar-refractivity contribution in [2.45, 2.75) is 19.3 Å². The van der Waals surface area contributed by atoms with Crippen LogP contribution in [0.4, 0.5) is 16.2 Å². The molecule has 0 radical (unpaired) electrons. The molecule has 0 atom stereocenters. The minimum atomic E-state index is -0.207. The fraction of sp³-hybridized carbons (Fsp3) is 0.348. The number of hydrogen-bond acceptors (Lipinski definition) is 3. The molecule has 7 heteroatoms. The zero-order chi connectivity index (χ0) is 21.1. The highest BCUT2D eigenvalue weighted by atomic mass is 16.2. The molecule has 0 aliphatic carbocycles. The molecular formula is C23H26N4O3.